The van der Waals surface area contributed by atoms with E-state index in [4.69, 9.17) is 23.2 Å². The zero-order valence-electron chi connectivity index (χ0n) is 17.1. The topological polar surface area (TPSA) is 58.5 Å². The molecule has 9 heteroatoms. The fourth-order valence-electron chi connectivity index (χ4n) is 4.41. The molecule has 0 aliphatic carbocycles. The van der Waals surface area contributed by atoms with Gasteiger partial charge in [0.1, 0.15) is 18.1 Å². The summed E-state index contributed by atoms with van der Waals surface area (Å²) in [6.45, 7) is 1.18. The van der Waals surface area contributed by atoms with Crippen LogP contribution in [0.2, 0.25) is 10.0 Å². The van der Waals surface area contributed by atoms with Gasteiger partial charge >= 0.3 is 0 Å². The number of aromatic nitrogens is 4. The largest absolute Gasteiger partial charge is 0.346 e. The van der Waals surface area contributed by atoms with Crippen molar-refractivity contribution in [2.45, 2.75) is 24.8 Å². The first-order valence-electron chi connectivity index (χ1n) is 10.5. The Morgan fingerprint density at radius 3 is 2.75 bits per heavy atom. The molecule has 4 aromatic rings. The molecule has 5 rings (SSSR count). The lowest BCUT2D eigenvalue weighted by Gasteiger charge is -2.22. The molecule has 32 heavy (non-hydrogen) atoms. The first-order valence-corrected chi connectivity index (χ1v) is 11.2. The van der Waals surface area contributed by atoms with Crippen LogP contribution in [0.1, 0.15) is 35.9 Å². The van der Waals surface area contributed by atoms with Gasteiger partial charge in [-0.3, -0.25) is 9.07 Å². The maximum absolute atomic E-state index is 14.3. The number of rotatable bonds is 5. The van der Waals surface area contributed by atoms with Gasteiger partial charge in [0.25, 0.3) is 0 Å². The van der Waals surface area contributed by atoms with Gasteiger partial charge in [0, 0.05) is 51.6 Å². The molecule has 0 unspecified atom stereocenters. The van der Waals surface area contributed by atoms with Gasteiger partial charge in [0.15, 0.2) is 0 Å². The van der Waals surface area contributed by atoms with Crippen molar-refractivity contribution in [1.29, 1.82) is 0 Å². The molecular formula is C23H21Cl2F2N5. The molecular weight excluding hydrogens is 455 g/mol. The molecule has 5 nitrogen and oxygen atoms in total. The second kappa shape index (κ2) is 8.81. The van der Waals surface area contributed by atoms with E-state index >= 15 is 0 Å². The van der Waals surface area contributed by atoms with Crippen LogP contribution < -0.4 is 5.32 Å². The molecule has 0 amide bonds. The Bertz CT molecular complexity index is 1260. The summed E-state index contributed by atoms with van der Waals surface area (Å²) in [4.78, 5) is 7.58. The molecule has 1 atom stereocenters. The Morgan fingerprint density at radius 1 is 1.16 bits per heavy atom. The molecule has 4 heterocycles. The number of H-pyrrole nitrogens is 1. The second-order valence-corrected chi connectivity index (χ2v) is 8.80. The lowest BCUT2D eigenvalue weighted by molar-refractivity contribution is 0.343. The number of pyridine rings is 1. The van der Waals surface area contributed by atoms with Crippen molar-refractivity contribution >= 4 is 34.2 Å². The highest BCUT2D eigenvalue weighted by atomic mass is 35.5. The SMILES string of the molecule is FC[C@@H](c1c(Cl)ccc(F)c1Cl)c1c[nH]c2ncc(-c3cnn(C4CCNCC4)c3)cc12. The average molecular weight is 476 g/mol. The number of aromatic amines is 1. The third-order valence-electron chi connectivity index (χ3n) is 6.14. The van der Waals surface area contributed by atoms with E-state index in [1.54, 1.807) is 12.4 Å². The van der Waals surface area contributed by atoms with Crippen molar-refractivity contribution in [3.05, 3.63) is 70.0 Å². The first kappa shape index (κ1) is 21.4. The van der Waals surface area contributed by atoms with Crippen LogP contribution in [0, 0.1) is 5.82 Å². The quantitative estimate of drug-likeness (QED) is 0.353. The fraction of sp³-hybridized carbons (Fsp3) is 0.304. The van der Waals surface area contributed by atoms with Gasteiger partial charge in [-0.05, 0) is 49.7 Å². The van der Waals surface area contributed by atoms with Crippen molar-refractivity contribution < 1.29 is 8.78 Å². The van der Waals surface area contributed by atoms with E-state index in [9.17, 15) is 8.78 Å². The van der Waals surface area contributed by atoms with E-state index in [0.717, 1.165) is 42.4 Å². The minimum Gasteiger partial charge on any atom is -0.346 e. The summed E-state index contributed by atoms with van der Waals surface area (Å²) in [6.07, 6.45) is 9.37. The van der Waals surface area contributed by atoms with Crippen LogP contribution in [-0.4, -0.2) is 39.5 Å². The zero-order valence-corrected chi connectivity index (χ0v) is 18.6. The highest BCUT2D eigenvalue weighted by molar-refractivity contribution is 6.36. The summed E-state index contributed by atoms with van der Waals surface area (Å²) in [5, 5.41) is 8.71. The van der Waals surface area contributed by atoms with Crippen molar-refractivity contribution in [3.63, 3.8) is 0 Å². The van der Waals surface area contributed by atoms with Gasteiger partial charge in [-0.25, -0.2) is 9.37 Å². The number of halogens is 4. The number of nitrogens with one attached hydrogen (secondary N) is 2. The van der Waals surface area contributed by atoms with Gasteiger partial charge < -0.3 is 10.3 Å². The van der Waals surface area contributed by atoms with Gasteiger partial charge in [-0.2, -0.15) is 5.10 Å². The van der Waals surface area contributed by atoms with E-state index in [1.807, 2.05) is 23.1 Å². The molecule has 3 aromatic heterocycles. The molecule has 1 aliphatic heterocycles. The predicted octanol–water partition coefficient (Wildman–Crippen LogP) is 5.90. The zero-order chi connectivity index (χ0) is 22.2. The Hall–Kier alpha value is -2.48. The minimum absolute atomic E-state index is 0.165. The van der Waals surface area contributed by atoms with Gasteiger partial charge in [0.2, 0.25) is 0 Å². The summed E-state index contributed by atoms with van der Waals surface area (Å²) in [7, 11) is 0. The number of fused-ring (bicyclic) bond motifs is 1. The number of benzene rings is 1. The second-order valence-electron chi connectivity index (χ2n) is 8.02. The maximum Gasteiger partial charge on any atom is 0.142 e. The maximum atomic E-state index is 14.3. The van der Waals surface area contributed by atoms with E-state index in [-0.39, 0.29) is 15.6 Å². The van der Waals surface area contributed by atoms with Crippen molar-refractivity contribution in [2.24, 2.45) is 0 Å². The number of alkyl halides is 1. The number of hydrogen-bond acceptors (Lipinski definition) is 3. The molecule has 0 saturated carbocycles. The van der Waals surface area contributed by atoms with E-state index in [0.29, 0.717) is 17.3 Å². The fourth-order valence-corrected chi connectivity index (χ4v) is 5.04. The first-order chi connectivity index (χ1) is 15.6. The van der Waals surface area contributed by atoms with Crippen LogP contribution in [0.25, 0.3) is 22.2 Å². The van der Waals surface area contributed by atoms with E-state index in [1.165, 1.54) is 12.1 Å². The molecule has 166 valence electrons. The van der Waals surface area contributed by atoms with Gasteiger partial charge in [0.05, 0.1) is 17.3 Å². The summed E-state index contributed by atoms with van der Waals surface area (Å²) in [5.74, 6) is -1.46. The van der Waals surface area contributed by atoms with Crippen molar-refractivity contribution in [2.75, 3.05) is 19.8 Å². The Morgan fingerprint density at radius 2 is 1.97 bits per heavy atom. The molecule has 0 bridgehead atoms. The summed E-state index contributed by atoms with van der Waals surface area (Å²) in [5.41, 5.74) is 3.27. The number of piperidine rings is 1. The molecule has 1 saturated heterocycles. The Labute approximate surface area is 193 Å². The van der Waals surface area contributed by atoms with Crippen LogP contribution >= 0.6 is 23.2 Å². The summed E-state index contributed by atoms with van der Waals surface area (Å²) in [6, 6.07) is 4.90. The van der Waals surface area contributed by atoms with Crippen molar-refractivity contribution in [1.82, 2.24) is 25.1 Å². The van der Waals surface area contributed by atoms with E-state index < -0.39 is 18.4 Å². The standard InChI is InChI=1S/C23H21Cl2F2N5/c24-19-1-2-20(27)22(25)21(19)17(8-26)18-11-30-23-16(18)7-13(9-29-23)14-10-31-32(12-14)15-3-5-28-6-4-15/h1-2,7,9-12,15,17,28H,3-6,8H2,(H,29,30)/t17-/m1/s1. The monoisotopic (exact) mass is 475 g/mol. The lowest BCUT2D eigenvalue weighted by Crippen LogP contribution is -2.29. The molecule has 0 radical (unpaired) electrons. The van der Waals surface area contributed by atoms with Crippen LogP contribution in [0.5, 0.6) is 0 Å². The van der Waals surface area contributed by atoms with E-state index in [2.05, 4.69) is 20.4 Å². The van der Waals surface area contributed by atoms with Crippen molar-refractivity contribution in [3.8, 4) is 11.1 Å². The smallest absolute Gasteiger partial charge is 0.142 e. The van der Waals surface area contributed by atoms with Gasteiger partial charge in [-0.15, -0.1) is 0 Å². The van der Waals surface area contributed by atoms with Crippen LogP contribution in [0.3, 0.4) is 0 Å². The number of nitrogens with zero attached hydrogens (tertiary/aromatic N) is 3. The summed E-state index contributed by atoms with van der Waals surface area (Å²) < 4.78 is 30.4. The number of hydrogen-bond donors (Lipinski definition) is 2. The molecule has 1 aromatic carbocycles. The van der Waals surface area contributed by atoms with Crippen LogP contribution in [0.4, 0.5) is 8.78 Å². The predicted molar refractivity (Wildman–Crippen MR) is 123 cm³/mol. The average Bonchev–Trinajstić information content (AvgIpc) is 3.47. The minimum atomic E-state index is -0.825. The Balaban J connectivity index is 1.55. The summed E-state index contributed by atoms with van der Waals surface area (Å²) >= 11 is 12.5. The highest BCUT2D eigenvalue weighted by Crippen LogP contribution is 2.40. The highest BCUT2D eigenvalue weighted by Gasteiger charge is 2.25. The molecule has 2 N–H and O–H groups in total. The van der Waals surface area contributed by atoms with Crippen LogP contribution in [0.15, 0.2) is 43.0 Å². The normalized spacial score (nSPS) is 16.0. The van der Waals surface area contributed by atoms with Gasteiger partial charge in [-0.1, -0.05) is 23.2 Å². The molecule has 1 aliphatic rings. The Kier molecular flexibility index (Phi) is 5.88. The third kappa shape index (κ3) is 3.78. The molecule has 0 spiro atoms. The third-order valence-corrected chi connectivity index (χ3v) is 6.85. The molecule has 1 fully saturated rings. The lowest BCUT2D eigenvalue weighted by atomic mass is 9.91. The van der Waals surface area contributed by atoms with Crippen LogP contribution in [-0.2, 0) is 0 Å².